The Labute approximate surface area is 92.6 Å². The molecular weight excluding hydrogens is 210 g/mol. The zero-order valence-electron chi connectivity index (χ0n) is 8.02. The summed E-state index contributed by atoms with van der Waals surface area (Å²) < 4.78 is 0. The number of amidine groups is 1. The lowest BCUT2D eigenvalue weighted by Crippen LogP contribution is -2.12. The van der Waals surface area contributed by atoms with Crippen molar-refractivity contribution in [2.24, 2.45) is 10.7 Å². The van der Waals surface area contributed by atoms with Gasteiger partial charge in [0.15, 0.2) is 0 Å². The molecule has 3 nitrogen and oxygen atoms in total. The van der Waals surface area contributed by atoms with Crippen LogP contribution in [0.25, 0.3) is 10.9 Å². The van der Waals surface area contributed by atoms with Crippen LogP contribution in [0.5, 0.6) is 0 Å². The van der Waals surface area contributed by atoms with Crippen molar-refractivity contribution in [2.45, 2.75) is 0 Å². The summed E-state index contributed by atoms with van der Waals surface area (Å²) in [6, 6.07) is 9.59. The third-order valence-corrected chi connectivity index (χ3v) is 2.27. The third-order valence-electron chi connectivity index (χ3n) is 2.00. The first-order valence-electron chi connectivity index (χ1n) is 4.53. The van der Waals surface area contributed by atoms with Crippen LogP contribution in [0.4, 0.5) is 5.69 Å². The van der Waals surface area contributed by atoms with Crippen LogP contribution >= 0.6 is 11.6 Å². The minimum Gasteiger partial charge on any atom is -0.386 e. The summed E-state index contributed by atoms with van der Waals surface area (Å²) in [7, 11) is 0. The SMILES string of the molecule is NC(CCl)=Nc1ccc2ncccc2c1. The highest BCUT2D eigenvalue weighted by Crippen LogP contribution is 2.19. The Hall–Kier alpha value is -1.61. The molecule has 0 amide bonds. The van der Waals surface area contributed by atoms with Gasteiger partial charge in [-0.25, -0.2) is 4.99 Å². The average Bonchev–Trinajstić information content (AvgIpc) is 2.29. The van der Waals surface area contributed by atoms with Crippen molar-refractivity contribution in [1.82, 2.24) is 4.98 Å². The monoisotopic (exact) mass is 219 g/mol. The molecule has 0 unspecified atom stereocenters. The van der Waals surface area contributed by atoms with Gasteiger partial charge in [-0.3, -0.25) is 4.98 Å². The number of pyridine rings is 1. The van der Waals surface area contributed by atoms with Crippen molar-refractivity contribution in [2.75, 3.05) is 5.88 Å². The Morgan fingerprint density at radius 2 is 2.27 bits per heavy atom. The Bertz CT molecular complexity index is 508. The molecule has 76 valence electrons. The third kappa shape index (κ3) is 2.25. The van der Waals surface area contributed by atoms with E-state index in [1.807, 2.05) is 30.3 Å². The molecule has 0 saturated heterocycles. The molecule has 2 rings (SSSR count). The standard InChI is InChI=1S/C11H10ClN3/c12-7-11(13)15-9-3-4-10-8(6-9)2-1-5-14-10/h1-6H,7H2,(H2,13,15). The number of rotatable bonds is 2. The molecule has 0 fully saturated rings. The van der Waals surface area contributed by atoms with Crippen molar-refractivity contribution in [3.63, 3.8) is 0 Å². The first-order valence-corrected chi connectivity index (χ1v) is 5.07. The van der Waals surface area contributed by atoms with Crippen LogP contribution in [-0.2, 0) is 0 Å². The van der Waals surface area contributed by atoms with E-state index in [9.17, 15) is 0 Å². The maximum Gasteiger partial charge on any atom is 0.115 e. The summed E-state index contributed by atoms with van der Waals surface area (Å²) in [5.41, 5.74) is 7.30. The van der Waals surface area contributed by atoms with Crippen molar-refractivity contribution >= 4 is 34.0 Å². The number of nitrogens with zero attached hydrogens (tertiary/aromatic N) is 2. The highest BCUT2D eigenvalue weighted by Gasteiger charge is 1.96. The topological polar surface area (TPSA) is 51.3 Å². The summed E-state index contributed by atoms with van der Waals surface area (Å²) in [5.74, 6) is 0.658. The lowest BCUT2D eigenvalue weighted by Gasteiger charge is -1.99. The number of nitrogens with two attached hydrogens (primary N) is 1. The molecule has 1 aromatic heterocycles. The van der Waals surface area contributed by atoms with Crippen LogP contribution < -0.4 is 5.73 Å². The van der Waals surface area contributed by atoms with Crippen molar-refractivity contribution < 1.29 is 0 Å². The number of hydrogen-bond acceptors (Lipinski definition) is 2. The number of alkyl halides is 1. The molecule has 1 heterocycles. The fraction of sp³-hybridized carbons (Fsp3) is 0.0909. The summed E-state index contributed by atoms with van der Waals surface area (Å²) in [5, 5.41) is 1.04. The minimum absolute atomic E-state index is 0.241. The van der Waals surface area contributed by atoms with Gasteiger partial charge in [0.25, 0.3) is 0 Å². The number of halogens is 1. The fourth-order valence-electron chi connectivity index (χ4n) is 1.33. The highest BCUT2D eigenvalue weighted by molar-refractivity contribution is 6.28. The second-order valence-electron chi connectivity index (χ2n) is 3.12. The number of aromatic nitrogens is 1. The first kappa shape index (κ1) is 9.93. The molecule has 2 N–H and O–H groups in total. The van der Waals surface area contributed by atoms with Gasteiger partial charge in [-0.1, -0.05) is 6.07 Å². The maximum atomic E-state index is 5.55. The van der Waals surface area contributed by atoms with Gasteiger partial charge in [-0.15, -0.1) is 11.6 Å². The smallest absolute Gasteiger partial charge is 0.115 e. The number of aliphatic imine (C=N–C) groups is 1. The predicted molar refractivity (Wildman–Crippen MR) is 63.7 cm³/mol. The fourth-order valence-corrected chi connectivity index (χ4v) is 1.39. The average molecular weight is 220 g/mol. The Kier molecular flexibility index (Phi) is 2.83. The lowest BCUT2D eigenvalue weighted by molar-refractivity contribution is 1.40. The summed E-state index contributed by atoms with van der Waals surface area (Å²) in [4.78, 5) is 8.38. The van der Waals surface area contributed by atoms with Crippen LogP contribution in [0, 0.1) is 0 Å². The summed E-state index contributed by atoms with van der Waals surface area (Å²) >= 11 is 5.55. The molecule has 0 spiro atoms. The zero-order chi connectivity index (χ0) is 10.7. The van der Waals surface area contributed by atoms with Gasteiger partial charge in [0.1, 0.15) is 5.84 Å². The lowest BCUT2D eigenvalue weighted by atomic mass is 10.2. The van der Waals surface area contributed by atoms with E-state index < -0.39 is 0 Å². The van der Waals surface area contributed by atoms with Crippen LogP contribution in [0.3, 0.4) is 0 Å². The van der Waals surface area contributed by atoms with Crippen LogP contribution in [0.2, 0.25) is 0 Å². The Morgan fingerprint density at radius 3 is 3.07 bits per heavy atom. The Morgan fingerprint density at radius 1 is 1.40 bits per heavy atom. The molecule has 4 heteroatoms. The van der Waals surface area contributed by atoms with E-state index in [-0.39, 0.29) is 5.88 Å². The second kappa shape index (κ2) is 4.28. The van der Waals surface area contributed by atoms with E-state index in [1.165, 1.54) is 0 Å². The van der Waals surface area contributed by atoms with Gasteiger partial charge in [0.05, 0.1) is 17.1 Å². The summed E-state index contributed by atoms with van der Waals surface area (Å²) in [6.07, 6.45) is 1.76. The van der Waals surface area contributed by atoms with Crippen molar-refractivity contribution in [1.29, 1.82) is 0 Å². The molecule has 0 bridgehead atoms. The van der Waals surface area contributed by atoms with E-state index in [2.05, 4.69) is 9.98 Å². The largest absolute Gasteiger partial charge is 0.386 e. The van der Waals surface area contributed by atoms with Crippen LogP contribution in [0.1, 0.15) is 0 Å². The molecule has 0 aliphatic carbocycles. The van der Waals surface area contributed by atoms with E-state index in [4.69, 9.17) is 17.3 Å². The first-order chi connectivity index (χ1) is 7.29. The van der Waals surface area contributed by atoms with E-state index in [1.54, 1.807) is 6.20 Å². The summed E-state index contributed by atoms with van der Waals surface area (Å²) in [6.45, 7) is 0. The molecule has 0 radical (unpaired) electrons. The van der Waals surface area contributed by atoms with Gasteiger partial charge in [0, 0.05) is 11.6 Å². The quantitative estimate of drug-likeness (QED) is 0.479. The van der Waals surface area contributed by atoms with Gasteiger partial charge in [0.2, 0.25) is 0 Å². The predicted octanol–water partition coefficient (Wildman–Crippen LogP) is 2.46. The van der Waals surface area contributed by atoms with Gasteiger partial charge < -0.3 is 5.73 Å². The zero-order valence-corrected chi connectivity index (χ0v) is 8.78. The van der Waals surface area contributed by atoms with E-state index in [0.29, 0.717) is 5.84 Å². The molecular formula is C11H10ClN3. The highest BCUT2D eigenvalue weighted by atomic mass is 35.5. The molecule has 2 aromatic rings. The maximum absolute atomic E-state index is 5.55. The normalized spacial score (nSPS) is 11.9. The number of fused-ring (bicyclic) bond motifs is 1. The van der Waals surface area contributed by atoms with Crippen molar-refractivity contribution in [3.05, 3.63) is 36.5 Å². The molecule has 1 aromatic carbocycles. The molecule has 0 aliphatic rings. The molecule has 15 heavy (non-hydrogen) atoms. The van der Waals surface area contributed by atoms with Crippen LogP contribution in [0.15, 0.2) is 41.5 Å². The molecule has 0 atom stereocenters. The minimum atomic E-state index is 0.241. The van der Waals surface area contributed by atoms with Crippen molar-refractivity contribution in [3.8, 4) is 0 Å². The molecule has 0 saturated carbocycles. The van der Waals surface area contributed by atoms with E-state index in [0.717, 1.165) is 16.6 Å². The molecule has 0 aliphatic heterocycles. The Balaban J connectivity index is 2.47. The number of benzene rings is 1. The van der Waals surface area contributed by atoms with E-state index >= 15 is 0 Å². The second-order valence-corrected chi connectivity index (χ2v) is 3.38. The van der Waals surface area contributed by atoms with Crippen LogP contribution in [-0.4, -0.2) is 16.7 Å². The van der Waals surface area contributed by atoms with Gasteiger partial charge >= 0.3 is 0 Å². The van der Waals surface area contributed by atoms with Gasteiger partial charge in [-0.05, 0) is 24.3 Å². The number of hydrogen-bond donors (Lipinski definition) is 1. The van der Waals surface area contributed by atoms with Gasteiger partial charge in [-0.2, -0.15) is 0 Å².